The number of thioether (sulfide) groups is 1. The first-order chi connectivity index (χ1) is 53.0. The van der Waals surface area contributed by atoms with Gasteiger partial charge in [0.05, 0.1) is 12.2 Å². The van der Waals surface area contributed by atoms with Crippen molar-refractivity contribution >= 4 is 116 Å². The number of nitrogens with zero attached hydrogens (tertiary/aromatic N) is 1. The van der Waals surface area contributed by atoms with E-state index in [1.165, 1.54) is 53.4 Å². The van der Waals surface area contributed by atoms with Crippen LogP contribution in [0.1, 0.15) is 114 Å². The topological polar surface area (TPSA) is 539 Å². The molecule has 0 aliphatic carbocycles. The number of hydrogen-bond acceptors (Lipinski definition) is 18. The molecule has 2 aromatic heterocycles. The van der Waals surface area contributed by atoms with Gasteiger partial charge in [-0.3, -0.25) is 67.1 Å². The molecule has 0 saturated carbocycles. The molecule has 14 amide bonds. The van der Waals surface area contributed by atoms with Crippen molar-refractivity contribution in [2.45, 2.75) is 184 Å². The standard InChI is InChI=1S/C77H101N17O16S/c1-5-42(4)66-76(109)91-60(36-64(80)98)73(106)89-59(35-46-38-83-52-16-9-7-14-50(46)52)72(105)92-61(67(81)100)39-111-40-65(99)84-56(32-43-19-23-47(95)24-20-43)69(102)85-53(17-10-11-29-78)68(101)86-54(27-28-63(79)97)77(110)94-30-12-18-62(94)75(108)90-57(33-44-21-25-48(96)26-22-44)70(103)88-58(34-45-37-82-51-15-8-6-13-49(45)51)71(104)87-55(31-41(2)3)74(107)93-66/h6-9,13-16,19-26,37-38,41-42,53-62,66,82-83,95-96H,5,10-12,17-18,27-36,39-40,78H2,1-4H3,(H2,79,97)(H2,80,98)(H2,81,100)(H,84,99)(H,85,102)(H,86,101)(H,87,104)(H,88,103)(H,89,106)(H,90,108)(H,91,109)(H,92,105)(H,93,107)/t42-,53+,54+,55+,56+,57+,58+,59+,60+,61+,62+,66+/m1/s1. The Morgan fingerprint density at radius 2 is 0.982 bits per heavy atom. The molecule has 8 rings (SSSR count). The number of fused-ring (bicyclic) bond motifs is 3. The second kappa shape index (κ2) is 40.8. The highest BCUT2D eigenvalue weighted by Crippen LogP contribution is 2.25. The van der Waals surface area contributed by atoms with Gasteiger partial charge in [-0.1, -0.05) is 94.8 Å². The molecule has 0 unspecified atom stereocenters. The fourth-order valence-corrected chi connectivity index (χ4v) is 14.2. The number of H-pyrrole nitrogens is 2. The van der Waals surface area contributed by atoms with E-state index in [2.05, 4.69) is 63.1 Å². The van der Waals surface area contributed by atoms with Gasteiger partial charge in [-0.05, 0) is 122 Å². The molecule has 34 heteroatoms. The number of aromatic nitrogens is 2. The number of aromatic hydroxyl groups is 2. The van der Waals surface area contributed by atoms with Crippen molar-refractivity contribution in [3.8, 4) is 11.5 Å². The monoisotopic (exact) mass is 1550 g/mol. The lowest BCUT2D eigenvalue weighted by Gasteiger charge is -2.31. The number of phenols is 2. The van der Waals surface area contributed by atoms with E-state index in [0.29, 0.717) is 50.5 Å². The zero-order chi connectivity index (χ0) is 80.6. The van der Waals surface area contributed by atoms with E-state index in [-0.39, 0.29) is 107 Å². The molecule has 33 nitrogen and oxygen atoms in total. The van der Waals surface area contributed by atoms with Gasteiger partial charge in [0, 0.05) is 78.6 Å². The van der Waals surface area contributed by atoms with Gasteiger partial charge >= 0.3 is 0 Å². The van der Waals surface area contributed by atoms with Crippen molar-refractivity contribution in [3.63, 3.8) is 0 Å². The van der Waals surface area contributed by atoms with Crippen LogP contribution >= 0.6 is 11.8 Å². The Morgan fingerprint density at radius 1 is 0.514 bits per heavy atom. The van der Waals surface area contributed by atoms with Crippen LogP contribution in [-0.4, -0.2) is 199 Å². The zero-order valence-electron chi connectivity index (χ0n) is 62.4. The quantitative estimate of drug-likeness (QED) is 0.0390. The first kappa shape index (κ1) is 85.1. The van der Waals surface area contributed by atoms with E-state index in [0.717, 1.165) is 11.8 Å². The van der Waals surface area contributed by atoms with E-state index < -0.39 is 174 Å². The minimum absolute atomic E-state index is 0.0373. The van der Waals surface area contributed by atoms with Crippen molar-refractivity contribution in [3.05, 3.63) is 132 Å². The average Bonchev–Trinajstić information content (AvgIpc) is 1.72. The van der Waals surface area contributed by atoms with Crippen molar-refractivity contribution in [1.82, 2.24) is 68.0 Å². The number of primary amides is 3. The molecule has 111 heavy (non-hydrogen) atoms. The SMILES string of the molecule is CC[C@@H](C)[C@@H]1NC(=O)[C@H](CC(C)C)NC(=O)[C@H](Cc2c[nH]c3ccccc23)NC(=O)[C@H](Cc2ccc(O)cc2)NC(=O)[C@@H]2CCCN2C(=O)[C@H](CCC(N)=O)NC(=O)[C@H](CCCCN)NC(=O)[C@H](Cc2ccc(O)cc2)NC(=O)CSC[C@@H](C(N)=O)NC(=O)[C@H](Cc2c[nH]c3ccccc23)NC(=O)[C@H](CC(N)=O)NC1=O. The first-order valence-electron chi connectivity index (χ1n) is 37.1. The summed E-state index contributed by atoms with van der Waals surface area (Å²) in [6.07, 6.45) is 1.61. The highest BCUT2D eigenvalue weighted by molar-refractivity contribution is 8.00. The van der Waals surface area contributed by atoms with Crippen LogP contribution < -0.4 is 76.1 Å². The summed E-state index contributed by atoms with van der Waals surface area (Å²) in [5, 5.41) is 48.8. The van der Waals surface area contributed by atoms with Gasteiger partial charge in [0.2, 0.25) is 82.7 Å². The Balaban J connectivity index is 1.19. The molecule has 6 aromatic rings. The molecule has 596 valence electrons. The second-order valence-corrected chi connectivity index (χ2v) is 29.6. The molecule has 2 fully saturated rings. The largest absolute Gasteiger partial charge is 0.508 e. The number of amides is 14. The van der Waals surface area contributed by atoms with Crippen LogP contribution in [0, 0.1) is 11.8 Å². The third kappa shape index (κ3) is 24.7. The smallest absolute Gasteiger partial charge is 0.245 e. The summed E-state index contributed by atoms with van der Waals surface area (Å²) in [7, 11) is 0. The van der Waals surface area contributed by atoms with Crippen LogP contribution in [0.15, 0.2) is 109 Å². The van der Waals surface area contributed by atoms with Gasteiger partial charge in [-0.25, -0.2) is 0 Å². The normalized spacial score (nSPS) is 23.5. The Bertz CT molecular complexity index is 4320. The first-order valence-corrected chi connectivity index (χ1v) is 38.3. The lowest BCUT2D eigenvalue weighted by Crippen LogP contribution is -2.62. The number of rotatable bonds is 22. The number of aromatic amines is 2. The minimum atomic E-state index is -1.82. The molecule has 0 radical (unpaired) electrons. The van der Waals surface area contributed by atoms with Crippen molar-refractivity contribution in [2.24, 2.45) is 34.8 Å². The Kier molecular flexibility index (Phi) is 31.2. The summed E-state index contributed by atoms with van der Waals surface area (Å²) in [5.74, 6) is -15.1. The number of carbonyl (C=O) groups is 14. The number of hydrogen-bond donors (Lipinski definition) is 18. The maximum Gasteiger partial charge on any atom is 0.245 e. The molecule has 12 atom stereocenters. The van der Waals surface area contributed by atoms with Crippen LogP contribution in [0.4, 0.5) is 0 Å². The lowest BCUT2D eigenvalue weighted by molar-refractivity contribution is -0.143. The number of para-hydroxylation sites is 2. The van der Waals surface area contributed by atoms with E-state index >= 15 is 19.2 Å². The van der Waals surface area contributed by atoms with E-state index in [1.54, 1.807) is 88.6 Å². The number of unbranched alkanes of at least 4 members (excludes halogenated alkanes) is 1. The molecular formula is C77H101N17O16S. The molecule has 4 heterocycles. The summed E-state index contributed by atoms with van der Waals surface area (Å²) >= 11 is 0.809. The van der Waals surface area contributed by atoms with Crippen LogP contribution in [0.25, 0.3) is 21.8 Å². The number of carbonyl (C=O) groups excluding carboxylic acids is 14. The van der Waals surface area contributed by atoms with Gasteiger partial charge in [0.15, 0.2) is 0 Å². The average molecular weight is 1550 g/mol. The summed E-state index contributed by atoms with van der Waals surface area (Å²) < 4.78 is 0. The van der Waals surface area contributed by atoms with Crippen LogP contribution in [0.5, 0.6) is 11.5 Å². The highest BCUT2D eigenvalue weighted by atomic mass is 32.2. The van der Waals surface area contributed by atoms with Gasteiger partial charge in [0.25, 0.3) is 0 Å². The minimum Gasteiger partial charge on any atom is -0.508 e. The number of phenolic OH excluding ortho intramolecular Hbond substituents is 2. The molecule has 0 spiro atoms. The number of nitrogens with two attached hydrogens (primary N) is 4. The summed E-state index contributed by atoms with van der Waals surface area (Å²) in [6.45, 7) is 7.03. The summed E-state index contributed by atoms with van der Waals surface area (Å²) in [4.78, 5) is 210. The maximum atomic E-state index is 15.3. The zero-order valence-corrected chi connectivity index (χ0v) is 63.2. The lowest BCUT2D eigenvalue weighted by atomic mass is 9.96. The van der Waals surface area contributed by atoms with Crippen molar-refractivity contribution in [1.29, 1.82) is 0 Å². The summed E-state index contributed by atoms with van der Waals surface area (Å²) in [6, 6.07) is 8.83. The van der Waals surface area contributed by atoms with E-state index in [9.17, 15) is 58.2 Å². The van der Waals surface area contributed by atoms with Crippen molar-refractivity contribution < 1.29 is 77.3 Å². The van der Waals surface area contributed by atoms with E-state index in [4.69, 9.17) is 22.9 Å². The third-order valence-electron chi connectivity index (χ3n) is 19.6. The van der Waals surface area contributed by atoms with Gasteiger partial charge < -0.3 is 101 Å². The Labute approximate surface area is 645 Å². The molecular weight excluding hydrogens is 1450 g/mol. The molecule has 2 aliphatic heterocycles. The predicted molar refractivity (Wildman–Crippen MR) is 412 cm³/mol. The molecule has 4 aromatic carbocycles. The van der Waals surface area contributed by atoms with Gasteiger partial charge in [-0.15, -0.1) is 11.8 Å². The van der Waals surface area contributed by atoms with Crippen LogP contribution in [0.2, 0.25) is 0 Å². The molecule has 2 aliphatic rings. The van der Waals surface area contributed by atoms with E-state index in [1.807, 2.05) is 0 Å². The Hall–Kier alpha value is -11.6. The molecule has 0 bridgehead atoms. The fourth-order valence-electron chi connectivity index (χ4n) is 13.4. The Morgan fingerprint density at radius 3 is 1.50 bits per heavy atom. The van der Waals surface area contributed by atoms with Gasteiger partial charge in [-0.2, -0.15) is 0 Å². The van der Waals surface area contributed by atoms with Crippen molar-refractivity contribution in [2.75, 3.05) is 24.6 Å². The van der Waals surface area contributed by atoms with Crippen LogP contribution in [0.3, 0.4) is 0 Å². The number of benzene rings is 4. The third-order valence-corrected chi connectivity index (χ3v) is 20.6. The predicted octanol–water partition coefficient (Wildman–Crippen LogP) is -0.236. The van der Waals surface area contributed by atoms with Crippen LogP contribution in [-0.2, 0) is 92.8 Å². The number of nitrogens with one attached hydrogen (secondary N) is 12. The maximum absolute atomic E-state index is 15.3. The fraction of sp³-hybridized carbons (Fsp3) is 0.455. The highest BCUT2D eigenvalue weighted by Gasteiger charge is 2.42. The summed E-state index contributed by atoms with van der Waals surface area (Å²) in [5.41, 5.74) is 26.4. The molecule has 2 saturated heterocycles. The molecule has 22 N–H and O–H groups in total. The second-order valence-electron chi connectivity index (χ2n) is 28.5. The van der Waals surface area contributed by atoms with Gasteiger partial charge in [0.1, 0.15) is 78.0 Å².